The first-order valence-electron chi connectivity index (χ1n) is 8.99. The lowest BCUT2D eigenvalue weighted by Crippen LogP contribution is -2.21. The molecule has 3 rings (SSSR count). The number of aromatic hydroxyl groups is 1. The normalized spacial score (nSPS) is 11.5. The maximum Gasteiger partial charge on any atom is 0.422 e. The van der Waals surface area contributed by atoms with E-state index in [1.54, 1.807) is 20.8 Å². The van der Waals surface area contributed by atoms with Crippen LogP contribution < -0.4 is 10.1 Å². The van der Waals surface area contributed by atoms with Gasteiger partial charge < -0.3 is 15.2 Å². The summed E-state index contributed by atoms with van der Waals surface area (Å²) in [6, 6.07) is 4.57. The van der Waals surface area contributed by atoms with Gasteiger partial charge in [-0.2, -0.15) is 18.3 Å². The Morgan fingerprint density at radius 3 is 2.52 bits per heavy atom. The number of anilines is 1. The number of H-pyrrole nitrogens is 1. The van der Waals surface area contributed by atoms with Crippen LogP contribution in [0.3, 0.4) is 0 Å². The summed E-state index contributed by atoms with van der Waals surface area (Å²) in [6.45, 7) is 3.14. The second-order valence-corrected chi connectivity index (χ2v) is 6.83. The molecule has 0 saturated carbocycles. The van der Waals surface area contributed by atoms with Crippen LogP contribution >= 0.6 is 0 Å². The molecule has 1 aromatic carbocycles. The number of aryl methyl sites for hydroxylation is 3. The Morgan fingerprint density at radius 2 is 1.94 bits per heavy atom. The topological polar surface area (TPSA) is 100 Å². The first kappa shape index (κ1) is 22.1. The Morgan fingerprint density at radius 1 is 1.23 bits per heavy atom. The van der Waals surface area contributed by atoms with Crippen molar-refractivity contribution in [3.8, 4) is 22.9 Å². The number of ether oxygens (including phenoxy) is 1. The van der Waals surface area contributed by atoms with Crippen molar-refractivity contribution in [3.63, 3.8) is 0 Å². The van der Waals surface area contributed by atoms with Gasteiger partial charge >= 0.3 is 6.18 Å². The largest absolute Gasteiger partial charge is 0.493 e. The van der Waals surface area contributed by atoms with E-state index in [2.05, 4.69) is 20.5 Å². The fourth-order valence-electron chi connectivity index (χ4n) is 2.79. The highest BCUT2D eigenvalue weighted by Gasteiger charge is 2.30. The molecule has 3 aromatic rings. The van der Waals surface area contributed by atoms with Gasteiger partial charge in [0.2, 0.25) is 5.88 Å². The highest BCUT2D eigenvalue weighted by molar-refractivity contribution is 6.07. The number of aromatic amines is 1. The minimum atomic E-state index is -4.68. The number of aromatic nitrogens is 3. The molecule has 0 saturated heterocycles. The lowest BCUT2D eigenvalue weighted by atomic mass is 10.0. The molecule has 0 spiro atoms. The third-order valence-corrected chi connectivity index (χ3v) is 4.42. The molecule has 2 heterocycles. The van der Waals surface area contributed by atoms with E-state index < -0.39 is 35.8 Å². The third-order valence-electron chi connectivity index (χ3n) is 4.42. The molecule has 1 amide bonds. The quantitative estimate of drug-likeness (QED) is 0.512. The van der Waals surface area contributed by atoms with Crippen molar-refractivity contribution < 1.29 is 32.2 Å². The number of hydrogen-bond donors (Lipinski definition) is 3. The molecule has 2 aromatic heterocycles. The van der Waals surface area contributed by atoms with Crippen molar-refractivity contribution in [3.05, 3.63) is 52.6 Å². The molecule has 0 aliphatic rings. The van der Waals surface area contributed by atoms with E-state index in [0.29, 0.717) is 22.6 Å². The number of benzene rings is 1. The number of rotatable bonds is 5. The van der Waals surface area contributed by atoms with E-state index in [4.69, 9.17) is 4.74 Å². The first-order valence-corrected chi connectivity index (χ1v) is 8.99. The van der Waals surface area contributed by atoms with Crippen LogP contribution in [0.25, 0.3) is 11.3 Å². The van der Waals surface area contributed by atoms with Crippen LogP contribution in [0, 0.1) is 26.6 Å². The maximum atomic E-state index is 14.8. The van der Waals surface area contributed by atoms with Crippen molar-refractivity contribution in [1.82, 2.24) is 15.2 Å². The molecule has 0 unspecified atom stereocenters. The highest BCUT2D eigenvalue weighted by Crippen LogP contribution is 2.33. The van der Waals surface area contributed by atoms with Gasteiger partial charge in [-0.1, -0.05) is 6.07 Å². The van der Waals surface area contributed by atoms with Gasteiger partial charge in [-0.3, -0.25) is 9.89 Å². The van der Waals surface area contributed by atoms with Gasteiger partial charge in [-0.25, -0.2) is 9.37 Å². The lowest BCUT2D eigenvalue weighted by Gasteiger charge is -2.15. The molecule has 11 heteroatoms. The Kier molecular flexibility index (Phi) is 5.87. The first-order chi connectivity index (χ1) is 14.5. The molecule has 3 N–H and O–H groups in total. The average Bonchev–Trinajstić information content (AvgIpc) is 3.00. The number of nitrogens with zero attached hydrogens (tertiary/aromatic N) is 2. The Labute approximate surface area is 174 Å². The maximum absolute atomic E-state index is 14.8. The van der Waals surface area contributed by atoms with Gasteiger partial charge in [0, 0.05) is 11.1 Å². The number of pyridine rings is 1. The van der Waals surface area contributed by atoms with Gasteiger partial charge in [0.25, 0.3) is 5.91 Å². The number of alkyl halides is 3. The van der Waals surface area contributed by atoms with E-state index in [1.807, 2.05) is 0 Å². The molecule has 0 atom stereocenters. The number of halogens is 4. The van der Waals surface area contributed by atoms with Crippen molar-refractivity contribution in [2.24, 2.45) is 0 Å². The molecule has 0 bridgehead atoms. The zero-order valence-electron chi connectivity index (χ0n) is 16.7. The summed E-state index contributed by atoms with van der Waals surface area (Å²) in [7, 11) is 0. The molecule has 31 heavy (non-hydrogen) atoms. The van der Waals surface area contributed by atoms with Crippen molar-refractivity contribution in [2.45, 2.75) is 26.9 Å². The van der Waals surface area contributed by atoms with E-state index in [9.17, 15) is 27.5 Å². The molecule has 0 fully saturated rings. The molecule has 7 nitrogen and oxygen atoms in total. The van der Waals surface area contributed by atoms with E-state index >= 15 is 0 Å². The summed E-state index contributed by atoms with van der Waals surface area (Å²) in [5.74, 6) is -2.66. The summed E-state index contributed by atoms with van der Waals surface area (Å²) in [6.07, 6.45) is -4.68. The van der Waals surface area contributed by atoms with Crippen molar-refractivity contribution >= 4 is 11.6 Å². The highest BCUT2D eigenvalue weighted by atomic mass is 19.4. The number of carbonyl (C=O) groups excluding carboxylic acids is 1. The Bertz CT molecular complexity index is 1120. The predicted octanol–water partition coefficient (Wildman–Crippen LogP) is 4.44. The Balaban J connectivity index is 2.05. The summed E-state index contributed by atoms with van der Waals surface area (Å²) < 4.78 is 57.8. The average molecular weight is 438 g/mol. The van der Waals surface area contributed by atoms with Crippen LogP contribution in [0.15, 0.2) is 24.3 Å². The van der Waals surface area contributed by atoms with Crippen LogP contribution in [0.2, 0.25) is 0 Å². The molecule has 164 valence electrons. The van der Waals surface area contributed by atoms with Crippen LogP contribution in [0.5, 0.6) is 11.6 Å². The number of nitrogens with one attached hydrogen (secondary N) is 2. The minimum Gasteiger partial charge on any atom is -0.493 e. The van der Waals surface area contributed by atoms with Gasteiger partial charge in [0.15, 0.2) is 6.61 Å². The van der Waals surface area contributed by atoms with E-state index in [0.717, 1.165) is 12.1 Å². The lowest BCUT2D eigenvalue weighted by molar-refractivity contribution is -0.153. The molecular formula is C20H18F4N4O3. The van der Waals surface area contributed by atoms with Crippen LogP contribution in [-0.2, 0) is 0 Å². The number of amides is 1. The van der Waals surface area contributed by atoms with Crippen molar-refractivity contribution in [1.29, 1.82) is 0 Å². The predicted molar refractivity (Wildman–Crippen MR) is 104 cm³/mol. The summed E-state index contributed by atoms with van der Waals surface area (Å²) in [4.78, 5) is 16.6. The zero-order valence-corrected chi connectivity index (χ0v) is 16.7. The minimum absolute atomic E-state index is 0.0362. The van der Waals surface area contributed by atoms with Gasteiger partial charge in [-0.05, 0) is 39.0 Å². The smallest absolute Gasteiger partial charge is 0.422 e. The zero-order chi connectivity index (χ0) is 22.9. The molecule has 0 aliphatic heterocycles. The van der Waals surface area contributed by atoms with E-state index in [-0.39, 0.29) is 17.1 Å². The standard InChI is InChI=1S/C20H18F4N4O3/c1-9-4-5-15(25-18(9)29)12-7-16(31-8-20(22,23)24)13(6-14(12)21)19(30)26-17-10(2)27-28-11(17)3/h4-7H,8H2,1-3H3,(H,25,29)(H,26,30)(H,27,28). The SMILES string of the molecule is Cc1ccc(-c2cc(OCC(F)(F)F)c(C(=O)Nc3c(C)n[nH]c3C)cc2F)nc1O. The monoisotopic (exact) mass is 438 g/mol. The second-order valence-electron chi connectivity index (χ2n) is 6.83. The number of hydrogen-bond acceptors (Lipinski definition) is 5. The summed E-state index contributed by atoms with van der Waals surface area (Å²) >= 11 is 0. The summed E-state index contributed by atoms with van der Waals surface area (Å²) in [5.41, 5.74) is 0.994. The number of carbonyl (C=O) groups is 1. The second kappa shape index (κ2) is 8.25. The molecule has 0 aliphatic carbocycles. The third kappa shape index (κ3) is 4.93. The molecular weight excluding hydrogens is 420 g/mol. The van der Waals surface area contributed by atoms with Crippen LogP contribution in [0.1, 0.15) is 27.3 Å². The summed E-state index contributed by atoms with van der Waals surface area (Å²) in [5, 5.41) is 18.9. The Hall–Kier alpha value is -3.63. The van der Waals surface area contributed by atoms with E-state index in [1.165, 1.54) is 12.1 Å². The van der Waals surface area contributed by atoms with Gasteiger partial charge in [-0.15, -0.1) is 0 Å². The van der Waals surface area contributed by atoms with Gasteiger partial charge in [0.05, 0.1) is 28.3 Å². The van der Waals surface area contributed by atoms with Gasteiger partial charge in [0.1, 0.15) is 11.6 Å². The fraction of sp³-hybridized carbons (Fsp3) is 0.250. The van der Waals surface area contributed by atoms with Crippen LogP contribution in [0.4, 0.5) is 23.2 Å². The van der Waals surface area contributed by atoms with Crippen molar-refractivity contribution in [2.75, 3.05) is 11.9 Å². The molecule has 0 radical (unpaired) electrons. The van der Waals surface area contributed by atoms with Crippen LogP contribution in [-0.4, -0.2) is 39.0 Å². The fourth-order valence-corrected chi connectivity index (χ4v) is 2.79.